The second-order valence-electron chi connectivity index (χ2n) is 2.97. The minimum Gasteiger partial charge on any atom is -0.337 e. The van der Waals surface area contributed by atoms with Crippen molar-refractivity contribution >= 4 is 46.3 Å². The summed E-state index contributed by atoms with van der Waals surface area (Å²) in [6, 6.07) is 4.18. The fourth-order valence-corrected chi connectivity index (χ4v) is 1.45. The van der Waals surface area contributed by atoms with Gasteiger partial charge < -0.3 is 5.32 Å². The van der Waals surface area contributed by atoms with Crippen LogP contribution in [0.4, 0.5) is 15.9 Å². The average Bonchev–Trinajstić information content (AvgIpc) is 2.29. The van der Waals surface area contributed by atoms with E-state index in [0.717, 1.165) is 0 Å². The van der Waals surface area contributed by atoms with Crippen molar-refractivity contribution in [2.45, 2.75) is 0 Å². The van der Waals surface area contributed by atoms with Crippen molar-refractivity contribution in [3.8, 4) is 0 Å². The Balaban J connectivity index is 2.31. The highest BCUT2D eigenvalue weighted by Crippen LogP contribution is 2.24. The standard InChI is InChI=1S/C9H4Cl3FN4/c10-5-2-1-4(3-6(5)13)14-8-7(11)16-17-9(12)15-8/h1-3H,(H,14,15,17). The Bertz CT molecular complexity index is 564. The number of aromatic nitrogens is 3. The Kier molecular flexibility index (Phi) is 3.61. The zero-order chi connectivity index (χ0) is 12.4. The normalized spacial score (nSPS) is 10.4. The zero-order valence-electron chi connectivity index (χ0n) is 8.09. The van der Waals surface area contributed by atoms with E-state index in [-0.39, 0.29) is 21.3 Å². The first-order valence-corrected chi connectivity index (χ1v) is 5.47. The quantitative estimate of drug-likeness (QED) is 0.917. The lowest BCUT2D eigenvalue weighted by Gasteiger charge is -2.06. The first kappa shape index (κ1) is 12.3. The largest absolute Gasteiger partial charge is 0.337 e. The summed E-state index contributed by atoms with van der Waals surface area (Å²) in [5.41, 5.74) is 0.422. The van der Waals surface area contributed by atoms with E-state index in [0.29, 0.717) is 5.69 Å². The van der Waals surface area contributed by atoms with Crippen molar-refractivity contribution in [2.75, 3.05) is 5.32 Å². The van der Waals surface area contributed by atoms with E-state index in [1.807, 2.05) is 0 Å². The minimum absolute atomic E-state index is 0.0282. The smallest absolute Gasteiger partial charge is 0.245 e. The highest BCUT2D eigenvalue weighted by atomic mass is 35.5. The van der Waals surface area contributed by atoms with Gasteiger partial charge in [-0.3, -0.25) is 0 Å². The van der Waals surface area contributed by atoms with Crippen LogP contribution in [0.2, 0.25) is 15.5 Å². The van der Waals surface area contributed by atoms with Crippen LogP contribution in [-0.4, -0.2) is 15.2 Å². The van der Waals surface area contributed by atoms with Gasteiger partial charge in [0.15, 0.2) is 11.0 Å². The molecule has 8 heteroatoms. The number of anilines is 2. The van der Waals surface area contributed by atoms with Crippen LogP contribution in [-0.2, 0) is 0 Å². The third-order valence-electron chi connectivity index (χ3n) is 1.80. The van der Waals surface area contributed by atoms with Gasteiger partial charge >= 0.3 is 0 Å². The molecule has 0 saturated carbocycles. The van der Waals surface area contributed by atoms with E-state index < -0.39 is 5.82 Å². The van der Waals surface area contributed by atoms with E-state index in [2.05, 4.69) is 20.5 Å². The van der Waals surface area contributed by atoms with Crippen LogP contribution in [0.15, 0.2) is 18.2 Å². The molecule has 1 heterocycles. The third-order valence-corrected chi connectivity index (χ3v) is 2.52. The molecular weight excluding hydrogens is 289 g/mol. The fourth-order valence-electron chi connectivity index (χ4n) is 1.08. The molecule has 0 atom stereocenters. The molecule has 88 valence electrons. The predicted octanol–water partition coefficient (Wildman–Crippen LogP) is 3.71. The maximum Gasteiger partial charge on any atom is 0.245 e. The Labute approximate surface area is 111 Å². The molecule has 0 bridgehead atoms. The van der Waals surface area contributed by atoms with Crippen LogP contribution in [0.1, 0.15) is 0 Å². The lowest BCUT2D eigenvalue weighted by atomic mass is 10.3. The number of nitrogens with one attached hydrogen (secondary N) is 1. The summed E-state index contributed by atoms with van der Waals surface area (Å²) >= 11 is 16.9. The Morgan fingerprint density at radius 2 is 1.88 bits per heavy atom. The maximum absolute atomic E-state index is 13.2. The van der Waals surface area contributed by atoms with Gasteiger partial charge in [-0.15, -0.1) is 10.2 Å². The summed E-state index contributed by atoms with van der Waals surface area (Å²) in [5, 5.41) is 9.75. The lowest BCUT2D eigenvalue weighted by Crippen LogP contribution is -1.99. The molecule has 1 aromatic carbocycles. The number of hydrogen-bond donors (Lipinski definition) is 1. The maximum atomic E-state index is 13.2. The second-order valence-corrected chi connectivity index (χ2v) is 4.08. The summed E-state index contributed by atoms with van der Waals surface area (Å²) in [7, 11) is 0. The first-order chi connectivity index (χ1) is 8.06. The van der Waals surface area contributed by atoms with E-state index in [1.54, 1.807) is 6.07 Å². The molecule has 0 unspecified atom stereocenters. The first-order valence-electron chi connectivity index (χ1n) is 4.34. The zero-order valence-corrected chi connectivity index (χ0v) is 10.4. The molecule has 1 N–H and O–H groups in total. The topological polar surface area (TPSA) is 50.7 Å². The van der Waals surface area contributed by atoms with E-state index in [4.69, 9.17) is 34.8 Å². The van der Waals surface area contributed by atoms with Gasteiger partial charge in [-0.05, 0) is 29.8 Å². The molecule has 4 nitrogen and oxygen atoms in total. The Morgan fingerprint density at radius 1 is 1.12 bits per heavy atom. The molecule has 0 aliphatic carbocycles. The van der Waals surface area contributed by atoms with Gasteiger partial charge in [0.2, 0.25) is 5.28 Å². The monoisotopic (exact) mass is 292 g/mol. The Hall–Kier alpha value is -1.17. The number of nitrogens with zero attached hydrogens (tertiary/aromatic N) is 3. The van der Waals surface area contributed by atoms with Crippen LogP contribution in [0.5, 0.6) is 0 Å². The fraction of sp³-hybridized carbons (Fsp3) is 0. The second kappa shape index (κ2) is 5.00. The predicted molar refractivity (Wildman–Crippen MR) is 64.5 cm³/mol. The highest BCUT2D eigenvalue weighted by Gasteiger charge is 2.07. The summed E-state index contributed by atoms with van der Waals surface area (Å²) in [5.74, 6) is -0.366. The number of benzene rings is 1. The van der Waals surface area contributed by atoms with Crippen molar-refractivity contribution < 1.29 is 4.39 Å². The van der Waals surface area contributed by atoms with Crippen molar-refractivity contribution in [3.63, 3.8) is 0 Å². The number of halogens is 4. The molecule has 0 spiro atoms. The molecule has 0 aliphatic rings. The molecule has 0 amide bonds. The van der Waals surface area contributed by atoms with Gasteiger partial charge in [-0.1, -0.05) is 23.2 Å². The van der Waals surface area contributed by atoms with Crippen molar-refractivity contribution in [3.05, 3.63) is 39.5 Å². The molecule has 17 heavy (non-hydrogen) atoms. The van der Waals surface area contributed by atoms with Crippen molar-refractivity contribution in [1.82, 2.24) is 15.2 Å². The lowest BCUT2D eigenvalue weighted by molar-refractivity contribution is 0.629. The SMILES string of the molecule is Fc1cc(Nc2nc(Cl)nnc2Cl)ccc1Cl. The molecule has 1 aromatic heterocycles. The highest BCUT2D eigenvalue weighted by molar-refractivity contribution is 6.32. The number of hydrogen-bond acceptors (Lipinski definition) is 4. The van der Waals surface area contributed by atoms with Crippen LogP contribution in [0.3, 0.4) is 0 Å². The van der Waals surface area contributed by atoms with Gasteiger partial charge in [0.1, 0.15) is 5.82 Å². The van der Waals surface area contributed by atoms with Gasteiger partial charge in [0.05, 0.1) is 5.02 Å². The van der Waals surface area contributed by atoms with Crippen LogP contribution in [0, 0.1) is 5.82 Å². The molecule has 0 fully saturated rings. The third kappa shape index (κ3) is 2.94. The molecule has 2 rings (SSSR count). The molecule has 0 saturated heterocycles. The van der Waals surface area contributed by atoms with Crippen LogP contribution in [0.25, 0.3) is 0 Å². The summed E-state index contributed by atoms with van der Waals surface area (Å²) in [6.07, 6.45) is 0. The molecular formula is C9H4Cl3FN4. The number of rotatable bonds is 2. The molecule has 0 radical (unpaired) electrons. The summed E-state index contributed by atoms with van der Waals surface area (Å²) in [6.45, 7) is 0. The molecule has 0 aliphatic heterocycles. The summed E-state index contributed by atoms with van der Waals surface area (Å²) < 4.78 is 13.2. The van der Waals surface area contributed by atoms with Crippen molar-refractivity contribution in [2.24, 2.45) is 0 Å². The van der Waals surface area contributed by atoms with Crippen LogP contribution < -0.4 is 5.32 Å². The van der Waals surface area contributed by atoms with E-state index in [9.17, 15) is 4.39 Å². The van der Waals surface area contributed by atoms with Gasteiger partial charge in [-0.25, -0.2) is 4.39 Å². The Morgan fingerprint density at radius 3 is 2.59 bits per heavy atom. The average molecular weight is 294 g/mol. The summed E-state index contributed by atoms with van der Waals surface area (Å²) in [4.78, 5) is 3.81. The van der Waals surface area contributed by atoms with Crippen LogP contribution >= 0.6 is 34.8 Å². The van der Waals surface area contributed by atoms with E-state index in [1.165, 1.54) is 12.1 Å². The van der Waals surface area contributed by atoms with E-state index >= 15 is 0 Å². The van der Waals surface area contributed by atoms with Gasteiger partial charge in [0, 0.05) is 5.69 Å². The van der Waals surface area contributed by atoms with Crippen molar-refractivity contribution in [1.29, 1.82) is 0 Å². The van der Waals surface area contributed by atoms with Gasteiger partial charge in [-0.2, -0.15) is 4.98 Å². The minimum atomic E-state index is -0.555. The van der Waals surface area contributed by atoms with Gasteiger partial charge in [0.25, 0.3) is 0 Å². The molecule has 2 aromatic rings.